The number of nitrogens with zero attached hydrogens (tertiary/aromatic N) is 5. The molecule has 32 heavy (non-hydrogen) atoms. The summed E-state index contributed by atoms with van der Waals surface area (Å²) in [5.74, 6) is 0.473. The highest BCUT2D eigenvalue weighted by Crippen LogP contribution is 2.37. The van der Waals surface area contributed by atoms with Crippen molar-refractivity contribution in [1.29, 1.82) is 0 Å². The van der Waals surface area contributed by atoms with Crippen molar-refractivity contribution in [3.63, 3.8) is 0 Å². The van der Waals surface area contributed by atoms with Crippen LogP contribution in [0.1, 0.15) is 20.9 Å². The fraction of sp³-hybridized carbons (Fsp3) is 0.130. The Morgan fingerprint density at radius 1 is 1.09 bits per heavy atom. The summed E-state index contributed by atoms with van der Waals surface area (Å²) in [6.45, 7) is 1.14. The van der Waals surface area contributed by atoms with Gasteiger partial charge in [0.1, 0.15) is 28.4 Å². The molecule has 5 aromatic rings. The van der Waals surface area contributed by atoms with E-state index in [1.807, 2.05) is 58.8 Å². The Morgan fingerprint density at radius 3 is 2.78 bits per heavy atom. The first-order valence-electron chi connectivity index (χ1n) is 10.2. The van der Waals surface area contributed by atoms with Gasteiger partial charge in [-0.05, 0) is 41.6 Å². The molecule has 1 aliphatic heterocycles. The number of carbonyl (C=O) groups is 1. The molecule has 1 aromatic carbocycles. The first-order valence-corrected chi connectivity index (χ1v) is 11.9. The van der Waals surface area contributed by atoms with Gasteiger partial charge >= 0.3 is 0 Å². The standard InChI is InChI=1S/C23H18N6OS2/c24-21-20-15-8-9-28(12-19(15)32-22(20)26-13-25-21)23(30)17-11-16(18-7-4-10-31-18)27-29(17)14-5-2-1-3-6-14/h1-7,10-11,13H,8-9,12H2,(H2,24,25,26). The van der Waals surface area contributed by atoms with Crippen molar-refractivity contribution >= 4 is 44.6 Å². The van der Waals surface area contributed by atoms with Gasteiger partial charge in [-0.1, -0.05) is 24.3 Å². The average molecular weight is 459 g/mol. The van der Waals surface area contributed by atoms with Crippen LogP contribution in [0.4, 0.5) is 5.82 Å². The van der Waals surface area contributed by atoms with E-state index in [1.165, 1.54) is 11.9 Å². The molecule has 5 heterocycles. The maximum atomic E-state index is 13.7. The highest BCUT2D eigenvalue weighted by atomic mass is 32.1. The monoisotopic (exact) mass is 458 g/mol. The van der Waals surface area contributed by atoms with Crippen molar-refractivity contribution in [2.24, 2.45) is 0 Å². The number of para-hydroxylation sites is 1. The van der Waals surface area contributed by atoms with E-state index in [1.54, 1.807) is 27.4 Å². The summed E-state index contributed by atoms with van der Waals surface area (Å²) in [6.07, 6.45) is 2.23. The molecule has 0 bridgehead atoms. The van der Waals surface area contributed by atoms with E-state index in [0.717, 1.165) is 37.8 Å². The van der Waals surface area contributed by atoms with E-state index in [-0.39, 0.29) is 5.91 Å². The van der Waals surface area contributed by atoms with Crippen molar-refractivity contribution in [3.8, 4) is 16.3 Å². The van der Waals surface area contributed by atoms with Gasteiger partial charge in [-0.15, -0.1) is 22.7 Å². The molecule has 0 atom stereocenters. The number of rotatable bonds is 3. The van der Waals surface area contributed by atoms with Crippen LogP contribution in [0.2, 0.25) is 0 Å². The first kappa shape index (κ1) is 19.1. The van der Waals surface area contributed by atoms with E-state index in [0.29, 0.717) is 24.6 Å². The molecule has 158 valence electrons. The van der Waals surface area contributed by atoms with Crippen molar-refractivity contribution in [2.75, 3.05) is 12.3 Å². The van der Waals surface area contributed by atoms with E-state index in [4.69, 9.17) is 10.8 Å². The fourth-order valence-electron chi connectivity index (χ4n) is 4.13. The normalized spacial score (nSPS) is 13.4. The number of fused-ring (bicyclic) bond motifs is 3. The summed E-state index contributed by atoms with van der Waals surface area (Å²) in [7, 11) is 0. The molecule has 0 radical (unpaired) electrons. The number of aromatic nitrogens is 4. The Bertz CT molecular complexity index is 1440. The number of thiophene rings is 2. The number of benzene rings is 1. The topological polar surface area (TPSA) is 89.9 Å². The van der Waals surface area contributed by atoms with Crippen LogP contribution in [0, 0.1) is 0 Å². The van der Waals surface area contributed by atoms with Gasteiger partial charge in [0, 0.05) is 11.4 Å². The van der Waals surface area contributed by atoms with Crippen LogP contribution in [0.15, 0.2) is 60.2 Å². The molecular weight excluding hydrogens is 440 g/mol. The van der Waals surface area contributed by atoms with Crippen LogP contribution in [0.3, 0.4) is 0 Å². The number of anilines is 1. The second kappa shape index (κ2) is 7.54. The molecule has 0 aliphatic carbocycles. The molecule has 1 aliphatic rings. The Kier molecular flexibility index (Phi) is 4.51. The van der Waals surface area contributed by atoms with Gasteiger partial charge in [-0.25, -0.2) is 14.6 Å². The molecule has 0 unspecified atom stereocenters. The maximum absolute atomic E-state index is 13.7. The number of nitrogens with two attached hydrogens (primary N) is 1. The number of hydrogen-bond donors (Lipinski definition) is 1. The summed E-state index contributed by atoms with van der Waals surface area (Å²) in [4.78, 5) is 27.1. The zero-order valence-corrected chi connectivity index (χ0v) is 18.6. The maximum Gasteiger partial charge on any atom is 0.272 e. The summed E-state index contributed by atoms with van der Waals surface area (Å²) < 4.78 is 1.75. The van der Waals surface area contributed by atoms with E-state index in [2.05, 4.69) is 9.97 Å². The van der Waals surface area contributed by atoms with Gasteiger partial charge in [0.2, 0.25) is 0 Å². The number of hydrogen-bond acceptors (Lipinski definition) is 7. The molecule has 9 heteroatoms. The molecule has 0 saturated heterocycles. The van der Waals surface area contributed by atoms with Crippen molar-refractivity contribution in [1.82, 2.24) is 24.6 Å². The SMILES string of the molecule is Nc1ncnc2sc3c(c12)CCN(C(=O)c1cc(-c2cccs2)nn1-c1ccccc1)C3. The molecule has 0 saturated carbocycles. The van der Waals surface area contributed by atoms with Crippen molar-refractivity contribution in [2.45, 2.75) is 13.0 Å². The van der Waals surface area contributed by atoms with Gasteiger partial charge in [0.25, 0.3) is 5.91 Å². The van der Waals surface area contributed by atoms with Gasteiger partial charge in [0.15, 0.2) is 0 Å². The van der Waals surface area contributed by atoms with Crippen LogP contribution in [-0.4, -0.2) is 37.1 Å². The molecule has 6 rings (SSSR count). The second-order valence-electron chi connectivity index (χ2n) is 7.56. The van der Waals surface area contributed by atoms with Crippen LogP contribution in [-0.2, 0) is 13.0 Å². The van der Waals surface area contributed by atoms with Gasteiger partial charge < -0.3 is 10.6 Å². The van der Waals surface area contributed by atoms with Crippen LogP contribution in [0.25, 0.3) is 26.5 Å². The smallest absolute Gasteiger partial charge is 0.272 e. The number of nitrogen functional groups attached to an aromatic ring is 1. The quantitative estimate of drug-likeness (QED) is 0.433. The van der Waals surface area contributed by atoms with Crippen molar-refractivity contribution in [3.05, 3.63) is 76.4 Å². The second-order valence-corrected chi connectivity index (χ2v) is 9.59. The summed E-state index contributed by atoms with van der Waals surface area (Å²) in [5, 5.41) is 7.73. The summed E-state index contributed by atoms with van der Waals surface area (Å²) in [5.41, 5.74) is 9.50. The minimum atomic E-state index is -0.0358. The predicted molar refractivity (Wildman–Crippen MR) is 127 cm³/mol. The van der Waals surface area contributed by atoms with Crippen LogP contribution < -0.4 is 5.73 Å². The predicted octanol–water partition coefficient (Wildman–Crippen LogP) is 4.39. The third-order valence-corrected chi connectivity index (χ3v) is 7.67. The highest BCUT2D eigenvalue weighted by Gasteiger charge is 2.29. The Labute approximate surface area is 191 Å². The molecular formula is C23H18N6OS2. The van der Waals surface area contributed by atoms with Crippen molar-refractivity contribution < 1.29 is 4.79 Å². The molecule has 0 spiro atoms. The molecule has 1 amide bonds. The Morgan fingerprint density at radius 2 is 1.97 bits per heavy atom. The van der Waals surface area contributed by atoms with E-state index < -0.39 is 0 Å². The third-order valence-electron chi connectivity index (χ3n) is 5.66. The highest BCUT2D eigenvalue weighted by molar-refractivity contribution is 7.19. The largest absolute Gasteiger partial charge is 0.383 e. The zero-order chi connectivity index (χ0) is 21.7. The molecule has 2 N–H and O–H groups in total. The molecule has 0 fully saturated rings. The Hall–Kier alpha value is -3.56. The minimum Gasteiger partial charge on any atom is -0.383 e. The van der Waals surface area contributed by atoms with Gasteiger partial charge in [-0.3, -0.25) is 4.79 Å². The van der Waals surface area contributed by atoms with Gasteiger partial charge in [0.05, 0.1) is 22.5 Å². The number of amides is 1. The minimum absolute atomic E-state index is 0.0358. The van der Waals surface area contributed by atoms with Crippen LogP contribution in [0.5, 0.6) is 0 Å². The lowest BCUT2D eigenvalue weighted by Gasteiger charge is -2.27. The van der Waals surface area contributed by atoms with E-state index in [9.17, 15) is 4.79 Å². The molecule has 7 nitrogen and oxygen atoms in total. The Balaban J connectivity index is 1.39. The third kappa shape index (κ3) is 3.09. The lowest BCUT2D eigenvalue weighted by molar-refractivity contribution is 0.0728. The summed E-state index contributed by atoms with van der Waals surface area (Å²) >= 11 is 3.20. The molecule has 4 aromatic heterocycles. The van der Waals surface area contributed by atoms with E-state index >= 15 is 0 Å². The first-order chi connectivity index (χ1) is 15.7. The fourth-order valence-corrected chi connectivity index (χ4v) is 6.02. The average Bonchev–Trinajstić information content (AvgIpc) is 3.57. The summed E-state index contributed by atoms with van der Waals surface area (Å²) in [6, 6.07) is 15.7. The zero-order valence-electron chi connectivity index (χ0n) is 16.9. The lowest BCUT2D eigenvalue weighted by atomic mass is 10.0. The number of carbonyl (C=O) groups excluding carboxylic acids is 1. The van der Waals surface area contributed by atoms with Gasteiger partial charge in [-0.2, -0.15) is 5.10 Å². The van der Waals surface area contributed by atoms with Crippen LogP contribution >= 0.6 is 22.7 Å². The lowest BCUT2D eigenvalue weighted by Crippen LogP contribution is -2.36.